The lowest BCUT2D eigenvalue weighted by Crippen LogP contribution is -2.31. The molecule has 1 N–H and O–H groups in total. The second-order valence-electron chi connectivity index (χ2n) is 6.75. The molecule has 1 atom stereocenters. The van der Waals surface area contributed by atoms with Crippen LogP contribution in [0.15, 0.2) is 30.5 Å². The Morgan fingerprint density at radius 2 is 2.25 bits per heavy atom. The molecule has 0 saturated carbocycles. The molecule has 128 valence electrons. The lowest BCUT2D eigenvalue weighted by Gasteiger charge is -2.23. The third-order valence-electron chi connectivity index (χ3n) is 4.78. The predicted octanol–water partition coefficient (Wildman–Crippen LogP) is 2.61. The van der Waals surface area contributed by atoms with Crippen molar-refractivity contribution in [2.45, 2.75) is 38.1 Å². The molecule has 24 heavy (non-hydrogen) atoms. The van der Waals surface area contributed by atoms with Crippen LogP contribution >= 0.6 is 0 Å². The molecule has 0 unspecified atom stereocenters. The Morgan fingerprint density at radius 3 is 3.04 bits per heavy atom. The van der Waals surface area contributed by atoms with Crippen molar-refractivity contribution in [2.75, 3.05) is 19.0 Å². The van der Waals surface area contributed by atoms with Gasteiger partial charge in [-0.15, -0.1) is 0 Å². The second kappa shape index (κ2) is 7.07. The van der Waals surface area contributed by atoms with Crippen LogP contribution in [0.3, 0.4) is 0 Å². The highest BCUT2D eigenvalue weighted by Gasteiger charge is 2.24. The summed E-state index contributed by atoms with van der Waals surface area (Å²) >= 11 is 0. The van der Waals surface area contributed by atoms with Gasteiger partial charge in [0.2, 0.25) is 5.91 Å². The van der Waals surface area contributed by atoms with Gasteiger partial charge in [0.25, 0.3) is 0 Å². The smallest absolute Gasteiger partial charge is 0.220 e. The Morgan fingerprint density at radius 1 is 1.42 bits per heavy atom. The monoisotopic (exact) mass is 326 g/mol. The van der Waals surface area contributed by atoms with E-state index in [0.29, 0.717) is 6.42 Å². The van der Waals surface area contributed by atoms with Crippen molar-refractivity contribution in [3.05, 3.63) is 47.3 Å². The van der Waals surface area contributed by atoms with E-state index in [9.17, 15) is 4.79 Å². The van der Waals surface area contributed by atoms with Gasteiger partial charge in [-0.2, -0.15) is 5.10 Å². The number of carbonyl (C=O) groups is 1. The number of hydrogen-bond donors (Lipinski definition) is 1. The molecule has 0 spiro atoms. The van der Waals surface area contributed by atoms with Crippen LogP contribution in [0.4, 0.5) is 5.69 Å². The van der Waals surface area contributed by atoms with Crippen molar-refractivity contribution in [3.63, 3.8) is 0 Å². The maximum atomic E-state index is 12.4. The minimum Gasteiger partial charge on any atom is -0.378 e. The first-order valence-electron chi connectivity index (χ1n) is 8.61. The molecule has 5 heteroatoms. The standard InChI is InChI=1S/C19H26N4O/c1-22(2)15-7-4-6-14(12-15)10-11-19(24)21-17-8-5-9-18-16(17)13-20-23(18)3/h4,6-7,12-13,17H,5,8-11H2,1-3H3,(H,21,24)/t17-/m1/s1. The molecule has 0 aliphatic heterocycles. The predicted molar refractivity (Wildman–Crippen MR) is 96.1 cm³/mol. The SMILES string of the molecule is CN(C)c1cccc(CCC(=O)N[C@@H]2CCCc3c2cnn3C)c1. The van der Waals surface area contributed by atoms with Crippen LogP contribution in [0.2, 0.25) is 0 Å². The topological polar surface area (TPSA) is 50.2 Å². The van der Waals surface area contributed by atoms with Crippen molar-refractivity contribution in [3.8, 4) is 0 Å². The Balaban J connectivity index is 1.58. The minimum absolute atomic E-state index is 0.114. The van der Waals surface area contributed by atoms with Crippen molar-refractivity contribution in [1.29, 1.82) is 0 Å². The number of carbonyl (C=O) groups excluding carboxylic acids is 1. The van der Waals surface area contributed by atoms with E-state index in [1.807, 2.05) is 38.1 Å². The number of aromatic nitrogens is 2. The molecular formula is C19H26N4O. The highest BCUT2D eigenvalue weighted by atomic mass is 16.1. The van der Waals surface area contributed by atoms with Gasteiger partial charge in [0.1, 0.15) is 0 Å². The zero-order valence-electron chi connectivity index (χ0n) is 14.7. The van der Waals surface area contributed by atoms with Gasteiger partial charge in [0, 0.05) is 44.5 Å². The van der Waals surface area contributed by atoms with Crippen molar-refractivity contribution >= 4 is 11.6 Å². The molecule has 3 rings (SSSR count). The average Bonchev–Trinajstić information content (AvgIpc) is 2.96. The molecule has 2 aromatic rings. The van der Waals surface area contributed by atoms with Crippen molar-refractivity contribution in [1.82, 2.24) is 15.1 Å². The number of nitrogens with one attached hydrogen (secondary N) is 1. The first-order chi connectivity index (χ1) is 11.5. The number of fused-ring (bicyclic) bond motifs is 1. The Bertz CT molecular complexity index is 720. The zero-order valence-corrected chi connectivity index (χ0v) is 14.7. The van der Waals surface area contributed by atoms with Crippen LogP contribution in [0.25, 0.3) is 0 Å². The molecule has 1 aliphatic carbocycles. The summed E-state index contributed by atoms with van der Waals surface area (Å²) in [6, 6.07) is 8.47. The van der Waals surface area contributed by atoms with Gasteiger partial charge in [-0.25, -0.2) is 0 Å². The van der Waals surface area contributed by atoms with E-state index in [1.165, 1.54) is 22.5 Å². The van der Waals surface area contributed by atoms with E-state index in [1.54, 1.807) is 0 Å². The second-order valence-corrected chi connectivity index (χ2v) is 6.75. The molecule has 0 saturated heterocycles. The van der Waals surface area contributed by atoms with Gasteiger partial charge in [-0.3, -0.25) is 9.48 Å². The van der Waals surface area contributed by atoms with E-state index in [0.717, 1.165) is 25.7 Å². The molecule has 1 aromatic heterocycles. The molecule has 1 aliphatic rings. The molecule has 0 bridgehead atoms. The maximum absolute atomic E-state index is 12.4. The van der Waals surface area contributed by atoms with Crippen LogP contribution in [0.5, 0.6) is 0 Å². The van der Waals surface area contributed by atoms with E-state index in [2.05, 4.69) is 33.5 Å². The third kappa shape index (κ3) is 3.61. The van der Waals surface area contributed by atoms with E-state index >= 15 is 0 Å². The highest BCUT2D eigenvalue weighted by Crippen LogP contribution is 2.29. The number of benzene rings is 1. The van der Waals surface area contributed by atoms with Crippen LogP contribution in [0, 0.1) is 0 Å². The summed E-state index contributed by atoms with van der Waals surface area (Å²) in [5.74, 6) is 0.118. The fraction of sp³-hybridized carbons (Fsp3) is 0.474. The van der Waals surface area contributed by atoms with E-state index in [-0.39, 0.29) is 11.9 Å². The van der Waals surface area contributed by atoms with E-state index in [4.69, 9.17) is 0 Å². The fourth-order valence-electron chi connectivity index (χ4n) is 3.37. The number of anilines is 1. The van der Waals surface area contributed by atoms with Gasteiger partial charge < -0.3 is 10.2 Å². The summed E-state index contributed by atoms with van der Waals surface area (Å²) in [7, 11) is 6.03. The third-order valence-corrected chi connectivity index (χ3v) is 4.78. The molecule has 0 fully saturated rings. The maximum Gasteiger partial charge on any atom is 0.220 e. The van der Waals surface area contributed by atoms with E-state index < -0.39 is 0 Å². The summed E-state index contributed by atoms with van der Waals surface area (Å²) in [6.45, 7) is 0. The van der Waals surface area contributed by atoms with Gasteiger partial charge in [0.05, 0.1) is 12.2 Å². The molecule has 1 heterocycles. The number of rotatable bonds is 5. The highest BCUT2D eigenvalue weighted by molar-refractivity contribution is 5.76. The summed E-state index contributed by atoms with van der Waals surface area (Å²) in [4.78, 5) is 14.5. The molecule has 0 radical (unpaired) electrons. The summed E-state index contributed by atoms with van der Waals surface area (Å²) in [6.07, 6.45) is 6.33. The van der Waals surface area contributed by atoms with Gasteiger partial charge >= 0.3 is 0 Å². The van der Waals surface area contributed by atoms with Crippen LogP contribution < -0.4 is 10.2 Å². The average molecular weight is 326 g/mol. The van der Waals surface area contributed by atoms with Crippen molar-refractivity contribution in [2.24, 2.45) is 7.05 Å². The first-order valence-corrected chi connectivity index (χ1v) is 8.61. The van der Waals surface area contributed by atoms with Crippen LogP contribution in [-0.2, 0) is 24.7 Å². The minimum atomic E-state index is 0.114. The lowest BCUT2D eigenvalue weighted by molar-refractivity contribution is -0.121. The van der Waals surface area contributed by atoms with Crippen LogP contribution in [0.1, 0.15) is 42.1 Å². The number of aryl methyl sites for hydroxylation is 2. The number of amides is 1. The summed E-state index contributed by atoms with van der Waals surface area (Å²) in [5, 5.41) is 7.53. The Labute approximate surface area is 143 Å². The Kier molecular flexibility index (Phi) is 4.88. The van der Waals surface area contributed by atoms with Gasteiger partial charge in [-0.05, 0) is 43.4 Å². The quantitative estimate of drug-likeness (QED) is 0.919. The summed E-state index contributed by atoms with van der Waals surface area (Å²) in [5.41, 5.74) is 4.80. The first kappa shape index (κ1) is 16.6. The zero-order chi connectivity index (χ0) is 17.1. The van der Waals surface area contributed by atoms with Crippen molar-refractivity contribution < 1.29 is 4.79 Å². The molecule has 1 amide bonds. The summed E-state index contributed by atoms with van der Waals surface area (Å²) < 4.78 is 1.93. The largest absolute Gasteiger partial charge is 0.378 e. The molecule has 5 nitrogen and oxygen atoms in total. The molecule has 1 aromatic carbocycles. The molecular weight excluding hydrogens is 300 g/mol. The van der Waals surface area contributed by atoms with Crippen LogP contribution in [-0.4, -0.2) is 29.8 Å². The van der Waals surface area contributed by atoms with Gasteiger partial charge in [-0.1, -0.05) is 12.1 Å². The van der Waals surface area contributed by atoms with Gasteiger partial charge in [0.15, 0.2) is 0 Å². The Hall–Kier alpha value is -2.30. The fourth-order valence-corrected chi connectivity index (χ4v) is 3.37. The number of nitrogens with zero attached hydrogens (tertiary/aromatic N) is 3. The lowest BCUT2D eigenvalue weighted by atomic mass is 9.93. The normalized spacial score (nSPS) is 16.5. The number of hydrogen-bond acceptors (Lipinski definition) is 3.